The summed E-state index contributed by atoms with van der Waals surface area (Å²) in [4.78, 5) is 16.2. The first-order chi connectivity index (χ1) is 10.5. The van der Waals surface area contributed by atoms with E-state index in [9.17, 15) is 9.90 Å². The van der Waals surface area contributed by atoms with E-state index in [4.69, 9.17) is 11.6 Å². The molecule has 1 aromatic heterocycles. The zero-order chi connectivity index (χ0) is 15.9. The molecule has 2 aromatic carbocycles. The van der Waals surface area contributed by atoms with Gasteiger partial charge in [-0.05, 0) is 31.5 Å². The van der Waals surface area contributed by atoms with E-state index >= 15 is 0 Å². The largest absolute Gasteiger partial charge is 0.478 e. The molecule has 4 heteroatoms. The van der Waals surface area contributed by atoms with Gasteiger partial charge in [0.1, 0.15) is 0 Å². The van der Waals surface area contributed by atoms with Crippen LogP contribution in [0.4, 0.5) is 0 Å². The predicted octanol–water partition coefficient (Wildman–Crippen LogP) is 4.87. The van der Waals surface area contributed by atoms with Gasteiger partial charge in [-0.15, -0.1) is 0 Å². The Morgan fingerprint density at radius 2 is 1.91 bits per heavy atom. The fraction of sp³-hybridized carbons (Fsp3) is 0.111. The van der Waals surface area contributed by atoms with Gasteiger partial charge in [-0.25, -0.2) is 9.78 Å². The molecule has 0 spiro atoms. The molecule has 0 saturated heterocycles. The van der Waals surface area contributed by atoms with Crippen LogP contribution in [0.5, 0.6) is 0 Å². The number of aromatic carboxylic acids is 1. The van der Waals surface area contributed by atoms with Gasteiger partial charge >= 0.3 is 5.97 Å². The highest BCUT2D eigenvalue weighted by atomic mass is 35.5. The molecular formula is C18H14ClNO2. The Labute approximate surface area is 133 Å². The highest BCUT2D eigenvalue weighted by molar-refractivity contribution is 6.35. The molecule has 0 aliphatic heterocycles. The van der Waals surface area contributed by atoms with E-state index in [2.05, 4.69) is 4.98 Å². The van der Waals surface area contributed by atoms with Crippen LogP contribution in [0.2, 0.25) is 5.02 Å². The highest BCUT2D eigenvalue weighted by Gasteiger charge is 2.15. The van der Waals surface area contributed by atoms with Crippen molar-refractivity contribution in [1.29, 1.82) is 0 Å². The van der Waals surface area contributed by atoms with Gasteiger partial charge in [-0.3, -0.25) is 0 Å². The second kappa shape index (κ2) is 5.43. The van der Waals surface area contributed by atoms with Crippen LogP contribution in [0.1, 0.15) is 21.5 Å². The smallest absolute Gasteiger partial charge is 0.336 e. The summed E-state index contributed by atoms with van der Waals surface area (Å²) in [5.74, 6) is -0.985. The van der Waals surface area contributed by atoms with Gasteiger partial charge in [0, 0.05) is 10.9 Å². The van der Waals surface area contributed by atoms with Gasteiger partial charge in [-0.1, -0.05) is 47.5 Å². The number of benzene rings is 2. The van der Waals surface area contributed by atoms with E-state index in [1.807, 2.05) is 32.0 Å². The first kappa shape index (κ1) is 14.5. The van der Waals surface area contributed by atoms with Gasteiger partial charge in [0.05, 0.1) is 21.8 Å². The molecule has 22 heavy (non-hydrogen) atoms. The fourth-order valence-corrected chi connectivity index (χ4v) is 2.85. The number of hydrogen-bond acceptors (Lipinski definition) is 2. The topological polar surface area (TPSA) is 50.2 Å². The molecule has 0 amide bonds. The Morgan fingerprint density at radius 1 is 1.14 bits per heavy atom. The summed E-state index contributed by atoms with van der Waals surface area (Å²) >= 11 is 6.20. The molecule has 0 fully saturated rings. The number of aromatic nitrogens is 1. The highest BCUT2D eigenvalue weighted by Crippen LogP contribution is 2.30. The zero-order valence-electron chi connectivity index (χ0n) is 12.2. The van der Waals surface area contributed by atoms with Crippen molar-refractivity contribution in [2.75, 3.05) is 0 Å². The summed E-state index contributed by atoms with van der Waals surface area (Å²) in [6.07, 6.45) is 0. The second-order valence-corrected chi connectivity index (χ2v) is 5.72. The van der Waals surface area contributed by atoms with Crippen molar-refractivity contribution in [2.45, 2.75) is 13.8 Å². The van der Waals surface area contributed by atoms with Gasteiger partial charge in [0.15, 0.2) is 0 Å². The van der Waals surface area contributed by atoms with Crippen LogP contribution >= 0.6 is 11.6 Å². The quantitative estimate of drug-likeness (QED) is 0.734. The lowest BCUT2D eigenvalue weighted by Gasteiger charge is -2.10. The maximum absolute atomic E-state index is 11.6. The normalized spacial score (nSPS) is 10.9. The van der Waals surface area contributed by atoms with E-state index in [-0.39, 0.29) is 5.56 Å². The number of nitrogens with zero attached hydrogens (tertiary/aromatic N) is 1. The number of carboxylic acids is 1. The molecular weight excluding hydrogens is 298 g/mol. The van der Waals surface area contributed by atoms with Crippen molar-refractivity contribution in [3.05, 3.63) is 64.2 Å². The molecule has 0 radical (unpaired) electrons. The predicted molar refractivity (Wildman–Crippen MR) is 88.6 cm³/mol. The minimum Gasteiger partial charge on any atom is -0.478 e. The summed E-state index contributed by atoms with van der Waals surface area (Å²) in [7, 11) is 0. The fourth-order valence-electron chi connectivity index (χ4n) is 2.63. The number of fused-ring (bicyclic) bond motifs is 1. The van der Waals surface area contributed by atoms with Crippen LogP contribution in [-0.2, 0) is 0 Å². The van der Waals surface area contributed by atoms with Crippen molar-refractivity contribution in [3.8, 4) is 11.3 Å². The molecule has 0 atom stereocenters. The first-order valence-electron chi connectivity index (χ1n) is 6.87. The standard InChI is InChI=1S/C18H14ClNO2/c1-10-6-7-12(11(2)8-10)16-9-14(18(21)22)13-4-3-5-15(19)17(13)20-16/h3-9H,1-2H3,(H,21,22). The Bertz CT molecular complexity index is 903. The van der Waals surface area contributed by atoms with E-state index in [1.165, 1.54) is 0 Å². The van der Waals surface area contributed by atoms with Crippen LogP contribution in [-0.4, -0.2) is 16.1 Å². The molecule has 0 saturated carbocycles. The third kappa shape index (κ3) is 2.44. The summed E-state index contributed by atoms with van der Waals surface area (Å²) < 4.78 is 0. The van der Waals surface area contributed by atoms with Crippen molar-refractivity contribution in [1.82, 2.24) is 4.98 Å². The number of hydrogen-bond donors (Lipinski definition) is 1. The SMILES string of the molecule is Cc1ccc(-c2cc(C(=O)O)c3cccc(Cl)c3n2)c(C)c1. The number of halogens is 1. The molecule has 0 aliphatic carbocycles. The number of pyridine rings is 1. The van der Waals surface area contributed by atoms with Crippen molar-refractivity contribution in [2.24, 2.45) is 0 Å². The third-order valence-corrected chi connectivity index (χ3v) is 3.98. The maximum Gasteiger partial charge on any atom is 0.336 e. The average Bonchev–Trinajstić information content (AvgIpc) is 2.47. The monoisotopic (exact) mass is 311 g/mol. The molecule has 110 valence electrons. The molecule has 1 heterocycles. The minimum atomic E-state index is -0.985. The lowest BCUT2D eigenvalue weighted by molar-refractivity contribution is 0.0699. The van der Waals surface area contributed by atoms with Crippen LogP contribution in [0.3, 0.4) is 0 Å². The number of carboxylic acid groups (broad SMARTS) is 1. The number of para-hydroxylation sites is 1. The van der Waals surface area contributed by atoms with Crippen LogP contribution in [0, 0.1) is 13.8 Å². The molecule has 3 aromatic rings. The summed E-state index contributed by atoms with van der Waals surface area (Å²) in [6.45, 7) is 4.01. The molecule has 0 bridgehead atoms. The zero-order valence-corrected chi connectivity index (χ0v) is 13.0. The Balaban J connectivity index is 2.36. The van der Waals surface area contributed by atoms with Crippen molar-refractivity contribution in [3.63, 3.8) is 0 Å². The third-order valence-electron chi connectivity index (χ3n) is 3.68. The number of carbonyl (C=O) groups is 1. The van der Waals surface area contributed by atoms with Gasteiger partial charge in [0.25, 0.3) is 0 Å². The van der Waals surface area contributed by atoms with Gasteiger partial charge in [-0.2, -0.15) is 0 Å². The van der Waals surface area contributed by atoms with Crippen molar-refractivity contribution >= 4 is 28.5 Å². The average molecular weight is 312 g/mol. The van der Waals surface area contributed by atoms with Crippen molar-refractivity contribution < 1.29 is 9.90 Å². The molecule has 0 unspecified atom stereocenters. The van der Waals surface area contributed by atoms with Crippen LogP contribution < -0.4 is 0 Å². The summed E-state index contributed by atoms with van der Waals surface area (Å²) in [5.41, 5.74) is 4.46. The Hall–Kier alpha value is -2.39. The Kier molecular flexibility index (Phi) is 3.59. The van der Waals surface area contributed by atoms with E-state index < -0.39 is 5.97 Å². The lowest BCUT2D eigenvalue weighted by Crippen LogP contribution is -2.01. The van der Waals surface area contributed by atoms with E-state index in [0.29, 0.717) is 21.6 Å². The van der Waals surface area contributed by atoms with Gasteiger partial charge in [0.2, 0.25) is 0 Å². The lowest BCUT2D eigenvalue weighted by atomic mass is 9.99. The second-order valence-electron chi connectivity index (χ2n) is 5.31. The van der Waals surface area contributed by atoms with E-state index in [0.717, 1.165) is 16.7 Å². The molecule has 3 nitrogen and oxygen atoms in total. The first-order valence-corrected chi connectivity index (χ1v) is 7.25. The van der Waals surface area contributed by atoms with E-state index in [1.54, 1.807) is 24.3 Å². The van der Waals surface area contributed by atoms with Gasteiger partial charge < -0.3 is 5.11 Å². The molecule has 1 N–H and O–H groups in total. The minimum absolute atomic E-state index is 0.211. The van der Waals surface area contributed by atoms with Crippen LogP contribution in [0.15, 0.2) is 42.5 Å². The number of rotatable bonds is 2. The van der Waals surface area contributed by atoms with Crippen LogP contribution in [0.25, 0.3) is 22.2 Å². The Morgan fingerprint density at radius 3 is 2.59 bits per heavy atom. The molecule has 0 aliphatic rings. The summed E-state index contributed by atoms with van der Waals surface area (Å²) in [6, 6.07) is 12.8. The number of aryl methyl sites for hydroxylation is 2. The maximum atomic E-state index is 11.6. The molecule has 3 rings (SSSR count). The summed E-state index contributed by atoms with van der Waals surface area (Å²) in [5, 5.41) is 10.5.